The normalized spacial score (nSPS) is 13.7. The van der Waals surface area contributed by atoms with E-state index in [-0.39, 0.29) is 35.0 Å². The molecule has 1 heterocycles. The molecule has 1 aromatic carbocycles. The van der Waals surface area contributed by atoms with Crippen molar-refractivity contribution in [3.63, 3.8) is 0 Å². The third-order valence-electron chi connectivity index (χ3n) is 4.13. The van der Waals surface area contributed by atoms with Crippen LogP contribution in [0.2, 0.25) is 0 Å². The minimum Gasteiger partial charge on any atom is -0.497 e. The lowest BCUT2D eigenvalue weighted by Gasteiger charge is -2.19. The number of hydrogen-bond donors (Lipinski definition) is 3. The quantitative estimate of drug-likeness (QED) is 0.422. The Hall–Kier alpha value is -2.18. The van der Waals surface area contributed by atoms with E-state index in [1.807, 2.05) is 13.8 Å². The number of aliphatic hydroxyl groups is 1. The van der Waals surface area contributed by atoms with Gasteiger partial charge in [0.25, 0.3) is 0 Å². The van der Waals surface area contributed by atoms with Crippen molar-refractivity contribution in [2.75, 3.05) is 30.0 Å². The summed E-state index contributed by atoms with van der Waals surface area (Å²) in [5.74, 6) is 0.243. The van der Waals surface area contributed by atoms with Gasteiger partial charge in [0.05, 0.1) is 26.0 Å². The van der Waals surface area contributed by atoms with Crippen molar-refractivity contribution >= 4 is 33.7 Å². The summed E-state index contributed by atoms with van der Waals surface area (Å²) in [5.41, 5.74) is 0.423. The third kappa shape index (κ3) is 8.11. The van der Waals surface area contributed by atoms with E-state index in [4.69, 9.17) is 4.74 Å². The van der Waals surface area contributed by atoms with Crippen molar-refractivity contribution in [3.8, 4) is 5.75 Å². The Labute approximate surface area is 186 Å². The van der Waals surface area contributed by atoms with E-state index < -0.39 is 15.8 Å². The third-order valence-corrected chi connectivity index (χ3v) is 5.68. The zero-order valence-electron chi connectivity index (χ0n) is 18.1. The lowest BCUT2D eigenvalue weighted by molar-refractivity contribution is 0.259. The summed E-state index contributed by atoms with van der Waals surface area (Å²) < 4.78 is 45.0. The molecule has 0 saturated carbocycles. The van der Waals surface area contributed by atoms with Gasteiger partial charge in [0, 0.05) is 16.9 Å². The number of nitrogens with one attached hydrogen (secondary N) is 2. The molecule has 12 heteroatoms. The highest BCUT2D eigenvalue weighted by atomic mass is 32.2. The van der Waals surface area contributed by atoms with Gasteiger partial charge >= 0.3 is 0 Å². The van der Waals surface area contributed by atoms with E-state index in [2.05, 4.69) is 25.0 Å². The van der Waals surface area contributed by atoms with Gasteiger partial charge < -0.3 is 15.2 Å². The van der Waals surface area contributed by atoms with Crippen molar-refractivity contribution in [1.82, 2.24) is 15.0 Å². The van der Waals surface area contributed by atoms with E-state index in [0.717, 1.165) is 18.0 Å². The Morgan fingerprint density at radius 2 is 1.87 bits per heavy atom. The van der Waals surface area contributed by atoms with E-state index in [9.17, 15) is 17.9 Å². The zero-order chi connectivity index (χ0) is 23.2. The monoisotopic (exact) mass is 473 g/mol. The number of aromatic nitrogens is 3. The molecule has 0 aliphatic heterocycles. The van der Waals surface area contributed by atoms with Crippen molar-refractivity contribution < 1.29 is 22.7 Å². The molecule has 9 nitrogen and oxygen atoms in total. The van der Waals surface area contributed by atoms with E-state index >= 15 is 0 Å². The fraction of sp³-hybridized carbons (Fsp3) is 0.526. The predicted octanol–water partition coefficient (Wildman–Crippen LogP) is 3.06. The van der Waals surface area contributed by atoms with E-state index in [1.54, 1.807) is 19.1 Å². The number of ether oxygens (including phenoxy) is 1. The molecule has 0 saturated heterocycles. The van der Waals surface area contributed by atoms with Gasteiger partial charge in [-0.3, -0.25) is 4.72 Å². The first kappa shape index (κ1) is 25.1. The molecule has 2 rings (SSSR count). The molecule has 2 aromatic rings. The van der Waals surface area contributed by atoms with Gasteiger partial charge in [-0.2, -0.15) is 15.0 Å². The summed E-state index contributed by atoms with van der Waals surface area (Å²) in [6.45, 7) is 5.67. The van der Waals surface area contributed by atoms with Gasteiger partial charge in [0.15, 0.2) is 5.16 Å². The van der Waals surface area contributed by atoms with Gasteiger partial charge in [0.1, 0.15) is 11.6 Å². The Morgan fingerprint density at radius 1 is 1.19 bits per heavy atom. The maximum Gasteiger partial charge on any atom is 0.242 e. The second-order valence-electron chi connectivity index (χ2n) is 7.44. The highest BCUT2D eigenvalue weighted by molar-refractivity contribution is 7.99. The predicted molar refractivity (Wildman–Crippen MR) is 119 cm³/mol. The molecule has 172 valence electrons. The Kier molecular flexibility index (Phi) is 8.83. The number of sulfonamides is 1. The molecular weight excluding hydrogens is 445 g/mol. The van der Waals surface area contributed by atoms with E-state index in [0.29, 0.717) is 23.7 Å². The summed E-state index contributed by atoms with van der Waals surface area (Å²) in [6, 6.07) is 4.25. The maximum absolute atomic E-state index is 14.4. The average molecular weight is 474 g/mol. The molecule has 1 aromatic heterocycles. The standard InChI is InChI=1S/C19H28FN5O4S2/c1-11(2)8-13(10-26)21-17-22-18(25-31(5,27)28)24-19(23-17)30-12(3)15-7-6-14(29-4)9-16(15)20/h6-7,9,11-13,26H,8,10H2,1-5H3,(H2,21,22,23,24,25)/t12-,13-/m1/s1. The van der Waals surface area contributed by atoms with Crippen LogP contribution in [0.15, 0.2) is 23.4 Å². The highest BCUT2D eigenvalue weighted by Gasteiger charge is 2.19. The van der Waals surface area contributed by atoms with Gasteiger partial charge in [-0.15, -0.1) is 0 Å². The number of benzene rings is 1. The molecule has 0 aliphatic rings. The number of nitrogens with zero attached hydrogens (tertiary/aromatic N) is 3. The van der Waals surface area contributed by atoms with Crippen molar-refractivity contribution in [1.29, 1.82) is 0 Å². The molecule has 2 atom stereocenters. The van der Waals surface area contributed by atoms with Crippen molar-refractivity contribution in [2.45, 2.75) is 43.6 Å². The van der Waals surface area contributed by atoms with Crippen molar-refractivity contribution in [2.24, 2.45) is 5.92 Å². The summed E-state index contributed by atoms with van der Waals surface area (Å²) >= 11 is 1.15. The number of rotatable bonds is 11. The Bertz CT molecular complexity index is 991. The topological polar surface area (TPSA) is 126 Å². The van der Waals surface area contributed by atoms with Gasteiger partial charge in [0.2, 0.25) is 21.9 Å². The van der Waals surface area contributed by atoms with Gasteiger partial charge in [-0.1, -0.05) is 31.7 Å². The first-order chi connectivity index (χ1) is 14.5. The lowest BCUT2D eigenvalue weighted by atomic mass is 10.0. The van der Waals surface area contributed by atoms with Gasteiger partial charge in [-0.05, 0) is 25.3 Å². The molecule has 3 N–H and O–H groups in total. The van der Waals surface area contributed by atoms with Gasteiger partial charge in [-0.25, -0.2) is 12.8 Å². The fourth-order valence-electron chi connectivity index (χ4n) is 2.80. The summed E-state index contributed by atoms with van der Waals surface area (Å²) in [7, 11) is -2.16. The molecule has 31 heavy (non-hydrogen) atoms. The summed E-state index contributed by atoms with van der Waals surface area (Å²) in [4.78, 5) is 12.6. The van der Waals surface area contributed by atoms with Crippen LogP contribution in [0.5, 0.6) is 5.75 Å². The molecule has 0 bridgehead atoms. The van der Waals surface area contributed by atoms with E-state index in [1.165, 1.54) is 13.2 Å². The molecule has 0 spiro atoms. The summed E-state index contributed by atoms with van der Waals surface area (Å²) in [5, 5.41) is 12.5. The van der Waals surface area contributed by atoms with Crippen LogP contribution in [-0.2, 0) is 10.0 Å². The largest absolute Gasteiger partial charge is 0.497 e. The van der Waals surface area contributed by atoms with Crippen LogP contribution in [0.4, 0.5) is 16.3 Å². The number of thioether (sulfide) groups is 1. The molecule has 0 aliphatic carbocycles. The van der Waals surface area contributed by atoms with Crippen LogP contribution >= 0.6 is 11.8 Å². The van der Waals surface area contributed by atoms with Crippen LogP contribution in [0.1, 0.15) is 38.0 Å². The van der Waals surface area contributed by atoms with Crippen LogP contribution in [0.25, 0.3) is 0 Å². The minimum atomic E-state index is -3.62. The highest BCUT2D eigenvalue weighted by Crippen LogP contribution is 2.35. The Balaban J connectivity index is 2.33. The number of halogens is 1. The molecular formula is C19H28FN5O4S2. The maximum atomic E-state index is 14.4. The molecule has 0 fully saturated rings. The van der Waals surface area contributed by atoms with Crippen LogP contribution in [0.3, 0.4) is 0 Å². The first-order valence-electron chi connectivity index (χ1n) is 9.62. The average Bonchev–Trinajstić information content (AvgIpc) is 2.65. The van der Waals surface area contributed by atoms with Crippen LogP contribution < -0.4 is 14.8 Å². The zero-order valence-corrected chi connectivity index (χ0v) is 19.7. The lowest BCUT2D eigenvalue weighted by Crippen LogP contribution is -2.27. The number of aliphatic hydroxyl groups excluding tert-OH is 1. The van der Waals surface area contributed by atoms with Crippen LogP contribution in [-0.4, -0.2) is 54.5 Å². The second kappa shape index (κ2) is 10.9. The van der Waals surface area contributed by atoms with Crippen molar-refractivity contribution in [3.05, 3.63) is 29.6 Å². The second-order valence-corrected chi connectivity index (χ2v) is 10.5. The molecule has 0 amide bonds. The Morgan fingerprint density at radius 3 is 2.42 bits per heavy atom. The van der Waals surface area contributed by atoms with Crippen LogP contribution in [0, 0.1) is 11.7 Å². The minimum absolute atomic E-state index is 0.116. The summed E-state index contributed by atoms with van der Waals surface area (Å²) in [6.07, 6.45) is 1.65. The molecule has 0 unspecified atom stereocenters. The number of anilines is 2. The first-order valence-corrected chi connectivity index (χ1v) is 12.4. The SMILES string of the molecule is COc1ccc([C@@H](C)Sc2nc(N[C@@H](CO)CC(C)C)nc(NS(C)(=O)=O)n2)c(F)c1. The fourth-order valence-corrected chi connectivity index (χ4v) is 4.14. The smallest absolute Gasteiger partial charge is 0.242 e. The number of hydrogen-bond acceptors (Lipinski definition) is 9. The number of methoxy groups -OCH3 is 1. The molecule has 0 radical (unpaired) electrons.